The van der Waals surface area contributed by atoms with Crippen molar-refractivity contribution in [2.45, 2.75) is 57.9 Å². The number of fused-ring (bicyclic) bond motifs is 2. The number of amides is 4. The normalized spacial score (nSPS) is 20.0. The predicted molar refractivity (Wildman–Crippen MR) is 120 cm³/mol. The van der Waals surface area contributed by atoms with Crippen molar-refractivity contribution in [3.05, 3.63) is 64.7 Å². The number of aryl methyl sites for hydroxylation is 1. The topological polar surface area (TPSA) is 78.5 Å². The molecule has 2 aliphatic rings. The summed E-state index contributed by atoms with van der Waals surface area (Å²) in [5, 5.41) is 5.87. The van der Waals surface area contributed by atoms with E-state index >= 15 is 0 Å². The molecule has 2 aromatic carbocycles. The standard InChI is InChI=1S/C25H29N3O3/c1-15(2)18-9-7-10-19(16(3)4)22(18)26-21(29)14-28-23(30)25(27-24(28)31)13-12-17-8-5-6-11-20(17)25/h5-11,15-16H,12-14H2,1-4H3,(H,26,29)(H,27,31)/t25-/m1/s1. The molecule has 2 N–H and O–H groups in total. The van der Waals surface area contributed by atoms with E-state index in [0.29, 0.717) is 6.42 Å². The first-order valence-corrected chi connectivity index (χ1v) is 10.9. The van der Waals surface area contributed by atoms with Crippen molar-refractivity contribution >= 4 is 23.5 Å². The Hall–Kier alpha value is -3.15. The lowest BCUT2D eigenvalue weighted by Crippen LogP contribution is -2.43. The van der Waals surface area contributed by atoms with E-state index in [1.807, 2.05) is 42.5 Å². The van der Waals surface area contributed by atoms with Gasteiger partial charge >= 0.3 is 6.03 Å². The molecule has 0 aromatic heterocycles. The van der Waals surface area contributed by atoms with Crippen molar-refractivity contribution in [3.8, 4) is 0 Å². The summed E-state index contributed by atoms with van der Waals surface area (Å²) in [7, 11) is 0. The number of imide groups is 1. The third kappa shape index (κ3) is 3.50. The molecule has 1 aliphatic carbocycles. The number of anilines is 1. The molecule has 6 heteroatoms. The zero-order valence-corrected chi connectivity index (χ0v) is 18.5. The van der Waals surface area contributed by atoms with Crippen LogP contribution in [0, 0.1) is 0 Å². The zero-order valence-electron chi connectivity index (χ0n) is 18.5. The molecule has 1 fully saturated rings. The van der Waals surface area contributed by atoms with Crippen LogP contribution in [0.25, 0.3) is 0 Å². The molecule has 4 rings (SSSR count). The molecule has 4 amide bonds. The number of para-hydroxylation sites is 1. The minimum absolute atomic E-state index is 0.226. The van der Waals surface area contributed by atoms with Gasteiger partial charge in [0, 0.05) is 5.69 Å². The number of hydrogen-bond donors (Lipinski definition) is 2. The average molecular weight is 420 g/mol. The number of nitrogens with zero attached hydrogens (tertiary/aromatic N) is 1. The van der Waals surface area contributed by atoms with Crippen LogP contribution in [0.15, 0.2) is 42.5 Å². The van der Waals surface area contributed by atoms with Gasteiger partial charge in [0.2, 0.25) is 5.91 Å². The van der Waals surface area contributed by atoms with E-state index in [-0.39, 0.29) is 30.2 Å². The highest BCUT2D eigenvalue weighted by molar-refractivity contribution is 6.11. The molecule has 0 radical (unpaired) electrons. The lowest BCUT2D eigenvalue weighted by atomic mass is 9.92. The SMILES string of the molecule is CC(C)c1cccc(C(C)C)c1NC(=O)CN1C(=O)N[C@@]2(CCc3ccccc32)C1=O. The predicted octanol–water partition coefficient (Wildman–Crippen LogP) is 4.27. The number of benzene rings is 2. The monoisotopic (exact) mass is 419 g/mol. The Morgan fingerprint density at radius 2 is 1.68 bits per heavy atom. The van der Waals surface area contributed by atoms with Gasteiger partial charge in [0.15, 0.2) is 0 Å². The molecule has 1 saturated heterocycles. The summed E-state index contributed by atoms with van der Waals surface area (Å²) >= 11 is 0. The number of rotatable bonds is 5. The number of urea groups is 1. The summed E-state index contributed by atoms with van der Waals surface area (Å²) in [6.07, 6.45) is 1.24. The van der Waals surface area contributed by atoms with E-state index in [0.717, 1.165) is 39.3 Å². The third-order valence-corrected chi connectivity index (χ3v) is 6.36. The van der Waals surface area contributed by atoms with Crippen LogP contribution in [-0.4, -0.2) is 29.3 Å². The van der Waals surface area contributed by atoms with Crippen LogP contribution in [0.5, 0.6) is 0 Å². The molecule has 0 saturated carbocycles. The fourth-order valence-corrected chi connectivity index (χ4v) is 4.75. The summed E-state index contributed by atoms with van der Waals surface area (Å²) in [5.74, 6) is -0.270. The van der Waals surface area contributed by atoms with Gasteiger partial charge in [-0.05, 0) is 46.9 Å². The minimum Gasteiger partial charge on any atom is -0.324 e. The maximum atomic E-state index is 13.3. The molecule has 0 unspecified atom stereocenters. The molecular weight excluding hydrogens is 390 g/mol. The second kappa shape index (κ2) is 7.84. The van der Waals surface area contributed by atoms with E-state index in [1.54, 1.807) is 0 Å². The van der Waals surface area contributed by atoms with Crippen LogP contribution < -0.4 is 10.6 Å². The van der Waals surface area contributed by atoms with Crippen molar-refractivity contribution in [2.75, 3.05) is 11.9 Å². The molecule has 1 heterocycles. The molecule has 1 spiro atoms. The average Bonchev–Trinajstić information content (AvgIpc) is 3.21. The van der Waals surface area contributed by atoms with Crippen molar-refractivity contribution in [1.29, 1.82) is 0 Å². The van der Waals surface area contributed by atoms with E-state index in [1.165, 1.54) is 0 Å². The molecule has 31 heavy (non-hydrogen) atoms. The van der Waals surface area contributed by atoms with Crippen LogP contribution in [0.4, 0.5) is 10.5 Å². The Balaban J connectivity index is 1.57. The highest BCUT2D eigenvalue weighted by Crippen LogP contribution is 2.41. The highest BCUT2D eigenvalue weighted by Gasteiger charge is 2.55. The quantitative estimate of drug-likeness (QED) is 0.711. The largest absolute Gasteiger partial charge is 0.325 e. The summed E-state index contributed by atoms with van der Waals surface area (Å²) in [4.78, 5) is 40.0. The second-order valence-corrected chi connectivity index (χ2v) is 9.05. The lowest BCUT2D eigenvalue weighted by Gasteiger charge is -2.23. The van der Waals surface area contributed by atoms with E-state index in [4.69, 9.17) is 0 Å². The zero-order chi connectivity index (χ0) is 22.3. The molecule has 162 valence electrons. The van der Waals surface area contributed by atoms with Gasteiger partial charge < -0.3 is 10.6 Å². The van der Waals surface area contributed by atoms with Crippen LogP contribution in [0.3, 0.4) is 0 Å². The van der Waals surface area contributed by atoms with Crippen LogP contribution in [0.2, 0.25) is 0 Å². The van der Waals surface area contributed by atoms with Gasteiger partial charge in [0.25, 0.3) is 5.91 Å². The first-order valence-electron chi connectivity index (χ1n) is 10.9. The maximum absolute atomic E-state index is 13.3. The van der Waals surface area contributed by atoms with Gasteiger partial charge in [-0.25, -0.2) is 4.79 Å². The van der Waals surface area contributed by atoms with Crippen molar-refractivity contribution in [1.82, 2.24) is 10.2 Å². The number of carbonyl (C=O) groups excluding carboxylic acids is 3. The van der Waals surface area contributed by atoms with Crippen LogP contribution in [0.1, 0.15) is 68.2 Å². The van der Waals surface area contributed by atoms with E-state index in [9.17, 15) is 14.4 Å². The highest BCUT2D eigenvalue weighted by atomic mass is 16.2. The fraction of sp³-hybridized carbons (Fsp3) is 0.400. The van der Waals surface area contributed by atoms with Crippen LogP contribution >= 0.6 is 0 Å². The van der Waals surface area contributed by atoms with Gasteiger partial charge in [-0.3, -0.25) is 14.5 Å². The Morgan fingerprint density at radius 1 is 1.03 bits per heavy atom. The molecule has 6 nitrogen and oxygen atoms in total. The molecule has 2 aromatic rings. The van der Waals surface area contributed by atoms with Gasteiger partial charge in [0.1, 0.15) is 12.1 Å². The Morgan fingerprint density at radius 3 is 2.32 bits per heavy atom. The number of carbonyl (C=O) groups is 3. The number of nitrogens with one attached hydrogen (secondary N) is 2. The second-order valence-electron chi connectivity index (χ2n) is 9.05. The van der Waals surface area contributed by atoms with Gasteiger partial charge in [0.05, 0.1) is 0 Å². The van der Waals surface area contributed by atoms with E-state index in [2.05, 4.69) is 38.3 Å². The van der Waals surface area contributed by atoms with Crippen molar-refractivity contribution < 1.29 is 14.4 Å². The Kier molecular flexibility index (Phi) is 5.33. The van der Waals surface area contributed by atoms with Gasteiger partial charge in [-0.1, -0.05) is 70.2 Å². The first-order chi connectivity index (χ1) is 14.7. The van der Waals surface area contributed by atoms with Crippen LogP contribution in [-0.2, 0) is 21.5 Å². The summed E-state index contributed by atoms with van der Waals surface area (Å²) in [5.41, 5.74) is 3.71. The maximum Gasteiger partial charge on any atom is 0.325 e. The smallest absolute Gasteiger partial charge is 0.324 e. The Bertz CT molecular complexity index is 1030. The molecule has 0 bridgehead atoms. The van der Waals surface area contributed by atoms with E-state index < -0.39 is 11.6 Å². The molecule has 1 atom stereocenters. The summed E-state index contributed by atoms with van der Waals surface area (Å²) in [6.45, 7) is 8.00. The molecule has 1 aliphatic heterocycles. The van der Waals surface area contributed by atoms with Gasteiger partial charge in [-0.15, -0.1) is 0 Å². The minimum atomic E-state index is -1.05. The third-order valence-electron chi connectivity index (χ3n) is 6.36. The summed E-state index contributed by atoms with van der Waals surface area (Å²) < 4.78 is 0. The van der Waals surface area contributed by atoms with Crippen molar-refractivity contribution in [2.24, 2.45) is 0 Å². The number of hydrogen-bond acceptors (Lipinski definition) is 3. The molecular formula is C25H29N3O3. The fourth-order valence-electron chi connectivity index (χ4n) is 4.75. The van der Waals surface area contributed by atoms with Crippen molar-refractivity contribution in [3.63, 3.8) is 0 Å². The first kappa shape index (κ1) is 21.1. The Labute approximate surface area is 183 Å². The summed E-state index contributed by atoms with van der Waals surface area (Å²) in [6, 6.07) is 13.2. The van der Waals surface area contributed by atoms with Gasteiger partial charge in [-0.2, -0.15) is 0 Å². The lowest BCUT2D eigenvalue weighted by molar-refractivity contribution is -0.134.